The summed E-state index contributed by atoms with van der Waals surface area (Å²) >= 11 is 0. The summed E-state index contributed by atoms with van der Waals surface area (Å²) in [5, 5.41) is 12.4. The Hall–Kier alpha value is -2.15. The van der Waals surface area contributed by atoms with E-state index in [4.69, 9.17) is 0 Å². The van der Waals surface area contributed by atoms with Crippen LogP contribution in [0.1, 0.15) is 35.6 Å². The summed E-state index contributed by atoms with van der Waals surface area (Å²) in [5.41, 5.74) is 0.515. The molecule has 7 heteroatoms. The molecule has 0 unspecified atom stereocenters. The molecule has 1 heterocycles. The minimum absolute atomic E-state index is 0.231. The van der Waals surface area contributed by atoms with Gasteiger partial charge in [-0.3, -0.25) is 0 Å². The van der Waals surface area contributed by atoms with Crippen LogP contribution < -0.4 is 5.32 Å². The highest BCUT2D eigenvalue weighted by Gasteiger charge is 2.32. The maximum atomic E-state index is 13.0. The van der Waals surface area contributed by atoms with Crippen molar-refractivity contribution in [2.45, 2.75) is 37.5 Å². The third kappa shape index (κ3) is 3.84. The number of hydrogen-bond acceptors (Lipinski definition) is 4. The number of rotatable bonds is 5. The van der Waals surface area contributed by atoms with Crippen molar-refractivity contribution < 1.29 is 18.3 Å². The van der Waals surface area contributed by atoms with Gasteiger partial charge >= 0.3 is 6.18 Å². The van der Waals surface area contributed by atoms with Crippen LogP contribution in [0.25, 0.3) is 0 Å². The molecule has 1 aromatic heterocycles. The van der Waals surface area contributed by atoms with Crippen LogP contribution in [0, 0.1) is 0 Å². The predicted molar refractivity (Wildman–Crippen MR) is 83.7 cm³/mol. The van der Waals surface area contributed by atoms with Gasteiger partial charge in [0.1, 0.15) is 12.1 Å². The largest absolute Gasteiger partial charge is 0.416 e. The Morgan fingerprint density at radius 2 is 1.92 bits per heavy atom. The number of halogens is 3. The summed E-state index contributed by atoms with van der Waals surface area (Å²) in [6, 6.07) is 7.39. The van der Waals surface area contributed by atoms with Crippen molar-refractivity contribution in [3.05, 3.63) is 53.5 Å². The van der Waals surface area contributed by atoms with Crippen LogP contribution in [0.3, 0.4) is 0 Å². The van der Waals surface area contributed by atoms with Gasteiger partial charge in [-0.2, -0.15) is 13.2 Å². The highest BCUT2D eigenvalue weighted by atomic mass is 19.4. The lowest BCUT2D eigenvalue weighted by atomic mass is 9.80. The number of aliphatic hydroxyl groups is 1. The molecule has 0 saturated heterocycles. The Labute approximate surface area is 137 Å². The van der Waals surface area contributed by atoms with Crippen molar-refractivity contribution in [3.8, 4) is 0 Å². The SMILES string of the molecule is OC1CC(c2cc(NCCc3ccccc3C(F)(F)F)ncn2)C1. The molecule has 0 spiro atoms. The number of aromatic nitrogens is 2. The Balaban J connectivity index is 1.60. The third-order valence-electron chi connectivity index (χ3n) is 4.24. The van der Waals surface area contributed by atoms with Crippen molar-refractivity contribution in [2.75, 3.05) is 11.9 Å². The van der Waals surface area contributed by atoms with E-state index in [1.54, 1.807) is 12.1 Å². The Morgan fingerprint density at radius 1 is 1.17 bits per heavy atom. The zero-order valence-corrected chi connectivity index (χ0v) is 12.9. The standard InChI is InChI=1S/C17H18F3N3O/c18-17(19,20)14-4-2-1-3-11(14)5-6-21-16-9-15(22-10-23-16)12-7-13(24)8-12/h1-4,9-10,12-13,24H,5-8H2,(H,21,22,23). The number of nitrogens with zero attached hydrogens (tertiary/aromatic N) is 2. The van der Waals surface area contributed by atoms with Crippen molar-refractivity contribution in [1.82, 2.24) is 9.97 Å². The van der Waals surface area contributed by atoms with Gasteiger partial charge in [-0.1, -0.05) is 18.2 Å². The number of benzene rings is 1. The summed E-state index contributed by atoms with van der Waals surface area (Å²) in [6.45, 7) is 0.344. The molecule has 1 aliphatic carbocycles. The van der Waals surface area contributed by atoms with E-state index in [1.165, 1.54) is 18.5 Å². The maximum Gasteiger partial charge on any atom is 0.416 e. The third-order valence-corrected chi connectivity index (χ3v) is 4.24. The summed E-state index contributed by atoms with van der Waals surface area (Å²) in [4.78, 5) is 8.29. The molecule has 1 aromatic carbocycles. The number of hydrogen-bond donors (Lipinski definition) is 2. The predicted octanol–water partition coefficient (Wildman–Crippen LogP) is 3.39. The average Bonchev–Trinajstić information content (AvgIpc) is 2.52. The quantitative estimate of drug-likeness (QED) is 0.878. The molecule has 2 aromatic rings. The van der Waals surface area contributed by atoms with Gasteiger partial charge in [0.05, 0.1) is 11.7 Å². The number of aliphatic hydroxyl groups excluding tert-OH is 1. The minimum atomic E-state index is -4.34. The van der Waals surface area contributed by atoms with Gasteiger partial charge in [0.2, 0.25) is 0 Å². The molecule has 0 bridgehead atoms. The average molecular weight is 337 g/mol. The first-order chi connectivity index (χ1) is 11.4. The molecule has 1 aliphatic rings. The van der Waals surface area contributed by atoms with Crippen LogP contribution in [0.15, 0.2) is 36.7 Å². The molecular formula is C17H18F3N3O. The van der Waals surface area contributed by atoms with Gasteiger partial charge < -0.3 is 10.4 Å². The van der Waals surface area contributed by atoms with Crippen molar-refractivity contribution >= 4 is 5.82 Å². The lowest BCUT2D eigenvalue weighted by molar-refractivity contribution is -0.138. The summed E-state index contributed by atoms with van der Waals surface area (Å²) in [6.07, 6.45) is -1.54. The molecule has 128 valence electrons. The first-order valence-corrected chi connectivity index (χ1v) is 7.82. The maximum absolute atomic E-state index is 13.0. The monoisotopic (exact) mass is 337 g/mol. The van der Waals surface area contributed by atoms with E-state index >= 15 is 0 Å². The summed E-state index contributed by atoms with van der Waals surface area (Å²) < 4.78 is 38.9. The number of alkyl halides is 3. The smallest absolute Gasteiger partial charge is 0.393 e. The van der Waals surface area contributed by atoms with Crippen LogP contribution in [0.2, 0.25) is 0 Å². The molecular weight excluding hydrogens is 319 g/mol. The topological polar surface area (TPSA) is 58.0 Å². The van der Waals surface area contributed by atoms with E-state index in [1.807, 2.05) is 0 Å². The van der Waals surface area contributed by atoms with E-state index in [9.17, 15) is 18.3 Å². The molecule has 0 radical (unpaired) electrons. The molecule has 0 atom stereocenters. The Kier molecular flexibility index (Phi) is 4.71. The van der Waals surface area contributed by atoms with Gasteiger partial charge in [-0.15, -0.1) is 0 Å². The molecule has 1 fully saturated rings. The minimum Gasteiger partial charge on any atom is -0.393 e. The Bertz CT molecular complexity index is 699. The normalized spacial score (nSPS) is 20.5. The zero-order valence-electron chi connectivity index (χ0n) is 12.9. The number of anilines is 1. The second kappa shape index (κ2) is 6.76. The van der Waals surface area contributed by atoms with Gasteiger partial charge in [0, 0.05) is 24.2 Å². The van der Waals surface area contributed by atoms with Gasteiger partial charge in [0.15, 0.2) is 0 Å². The Morgan fingerprint density at radius 3 is 2.62 bits per heavy atom. The van der Waals surface area contributed by atoms with E-state index in [0.29, 0.717) is 25.2 Å². The first kappa shape index (κ1) is 16.7. The van der Waals surface area contributed by atoms with Crippen LogP contribution in [-0.4, -0.2) is 27.7 Å². The van der Waals surface area contributed by atoms with Crippen LogP contribution in [-0.2, 0) is 12.6 Å². The first-order valence-electron chi connectivity index (χ1n) is 7.82. The molecule has 0 aliphatic heterocycles. The molecule has 4 nitrogen and oxygen atoms in total. The number of nitrogens with one attached hydrogen (secondary N) is 1. The van der Waals surface area contributed by atoms with E-state index in [2.05, 4.69) is 15.3 Å². The zero-order chi connectivity index (χ0) is 17.2. The summed E-state index contributed by atoms with van der Waals surface area (Å²) in [5.74, 6) is 0.820. The highest BCUT2D eigenvalue weighted by Crippen LogP contribution is 2.36. The molecule has 0 amide bonds. The lowest BCUT2D eigenvalue weighted by Crippen LogP contribution is -2.27. The van der Waals surface area contributed by atoms with Gasteiger partial charge in [-0.05, 0) is 30.9 Å². The van der Waals surface area contributed by atoms with Crippen LogP contribution in [0.4, 0.5) is 19.0 Å². The molecule has 2 N–H and O–H groups in total. The molecule has 1 saturated carbocycles. The van der Waals surface area contributed by atoms with E-state index < -0.39 is 11.7 Å². The fraction of sp³-hybridized carbons (Fsp3) is 0.412. The summed E-state index contributed by atoms with van der Waals surface area (Å²) in [7, 11) is 0. The molecule has 3 rings (SSSR count). The van der Waals surface area contributed by atoms with Gasteiger partial charge in [-0.25, -0.2) is 9.97 Å². The van der Waals surface area contributed by atoms with Gasteiger partial charge in [0.25, 0.3) is 0 Å². The van der Waals surface area contributed by atoms with Crippen LogP contribution >= 0.6 is 0 Å². The van der Waals surface area contributed by atoms with Crippen molar-refractivity contribution in [3.63, 3.8) is 0 Å². The lowest BCUT2D eigenvalue weighted by Gasteiger charge is -2.30. The van der Waals surface area contributed by atoms with Crippen LogP contribution in [0.5, 0.6) is 0 Å². The van der Waals surface area contributed by atoms with E-state index in [-0.39, 0.29) is 24.0 Å². The highest BCUT2D eigenvalue weighted by molar-refractivity contribution is 5.37. The fourth-order valence-corrected chi connectivity index (χ4v) is 2.86. The van der Waals surface area contributed by atoms with E-state index in [0.717, 1.165) is 11.8 Å². The fourth-order valence-electron chi connectivity index (χ4n) is 2.86. The van der Waals surface area contributed by atoms with Crippen molar-refractivity contribution in [1.29, 1.82) is 0 Å². The second-order valence-electron chi connectivity index (χ2n) is 5.98. The second-order valence-corrected chi connectivity index (χ2v) is 5.98. The molecule has 24 heavy (non-hydrogen) atoms. The van der Waals surface area contributed by atoms with Crippen molar-refractivity contribution in [2.24, 2.45) is 0 Å².